The van der Waals surface area contributed by atoms with Crippen LogP contribution in [0.15, 0.2) is 0 Å². The van der Waals surface area contributed by atoms with E-state index in [1.165, 1.54) is 7.11 Å². The molecule has 0 saturated carbocycles. The summed E-state index contributed by atoms with van der Waals surface area (Å²) in [5.74, 6) is -0.469. The Labute approximate surface area is 105 Å². The molecule has 0 aromatic rings. The first-order valence-electron chi connectivity index (χ1n) is 5.87. The first kappa shape index (κ1) is 18.1. The minimum atomic E-state index is -0.648. The minimum absolute atomic E-state index is 0. The summed E-state index contributed by atoms with van der Waals surface area (Å²) < 4.78 is 9.53. The summed E-state index contributed by atoms with van der Waals surface area (Å²) in [6.07, 6.45) is -0.147. The molecule has 0 heterocycles. The average molecular weight is 249 g/mol. The SMILES string of the molecule is CC.CC[C@H](NC(=O)OC(C)(C)C)C(=O)OC.[HH]. The van der Waals surface area contributed by atoms with E-state index in [1.54, 1.807) is 27.7 Å². The zero-order valence-corrected chi connectivity index (χ0v) is 11.9. The normalized spacial score (nSPS) is 11.7. The largest absolute Gasteiger partial charge is 0.467 e. The molecular weight excluding hydrogens is 222 g/mol. The fraction of sp³-hybridized carbons (Fsp3) is 0.833. The van der Waals surface area contributed by atoms with Crippen molar-refractivity contribution >= 4 is 12.1 Å². The van der Waals surface area contributed by atoms with Crippen LogP contribution in [-0.4, -0.2) is 30.8 Å². The molecule has 0 rings (SSSR count). The molecule has 17 heavy (non-hydrogen) atoms. The molecule has 5 heteroatoms. The second-order valence-electron chi connectivity index (χ2n) is 4.13. The Balaban J connectivity index is -0.000000709. The van der Waals surface area contributed by atoms with Crippen LogP contribution in [0.3, 0.4) is 0 Å². The van der Waals surface area contributed by atoms with E-state index in [1.807, 2.05) is 13.8 Å². The molecule has 1 N–H and O–H groups in total. The third-order valence-corrected chi connectivity index (χ3v) is 1.58. The van der Waals surface area contributed by atoms with E-state index < -0.39 is 23.7 Å². The highest BCUT2D eigenvalue weighted by Crippen LogP contribution is 2.07. The van der Waals surface area contributed by atoms with Gasteiger partial charge in [0.1, 0.15) is 11.6 Å². The van der Waals surface area contributed by atoms with Gasteiger partial charge in [-0.1, -0.05) is 20.8 Å². The monoisotopic (exact) mass is 249 g/mol. The van der Waals surface area contributed by atoms with Crippen molar-refractivity contribution in [2.24, 2.45) is 0 Å². The number of hydrogen-bond donors (Lipinski definition) is 1. The highest BCUT2D eigenvalue weighted by Gasteiger charge is 2.23. The summed E-state index contributed by atoms with van der Waals surface area (Å²) in [5.41, 5.74) is -0.571. The van der Waals surface area contributed by atoms with Crippen molar-refractivity contribution < 1.29 is 20.5 Å². The van der Waals surface area contributed by atoms with Crippen LogP contribution in [0.4, 0.5) is 4.79 Å². The zero-order valence-electron chi connectivity index (χ0n) is 11.9. The number of amides is 1. The number of carbonyl (C=O) groups is 2. The average Bonchev–Trinajstić information content (AvgIpc) is 2.25. The van der Waals surface area contributed by atoms with Crippen LogP contribution in [0.25, 0.3) is 0 Å². The second kappa shape index (κ2) is 8.84. The summed E-state index contributed by atoms with van der Waals surface area (Å²) in [4.78, 5) is 22.5. The predicted molar refractivity (Wildman–Crippen MR) is 68.9 cm³/mol. The van der Waals surface area contributed by atoms with Crippen LogP contribution in [0.2, 0.25) is 0 Å². The van der Waals surface area contributed by atoms with Gasteiger partial charge in [-0.15, -0.1) is 0 Å². The van der Waals surface area contributed by atoms with Gasteiger partial charge in [-0.2, -0.15) is 0 Å². The van der Waals surface area contributed by atoms with Gasteiger partial charge in [0, 0.05) is 1.43 Å². The molecule has 0 fully saturated rings. The minimum Gasteiger partial charge on any atom is -0.467 e. The van der Waals surface area contributed by atoms with Gasteiger partial charge >= 0.3 is 12.1 Å². The first-order chi connectivity index (χ1) is 7.80. The van der Waals surface area contributed by atoms with E-state index in [0.29, 0.717) is 6.42 Å². The molecule has 0 aromatic heterocycles. The van der Waals surface area contributed by atoms with E-state index in [0.717, 1.165) is 0 Å². The number of alkyl carbamates (subject to hydrolysis) is 1. The van der Waals surface area contributed by atoms with Gasteiger partial charge in [-0.25, -0.2) is 9.59 Å². The molecule has 1 amide bonds. The predicted octanol–water partition coefficient (Wildman–Crippen LogP) is 2.73. The molecule has 0 radical (unpaired) electrons. The van der Waals surface area contributed by atoms with E-state index in [9.17, 15) is 9.59 Å². The van der Waals surface area contributed by atoms with Crippen molar-refractivity contribution in [1.29, 1.82) is 0 Å². The highest BCUT2D eigenvalue weighted by molar-refractivity contribution is 5.81. The second-order valence-corrected chi connectivity index (χ2v) is 4.13. The van der Waals surface area contributed by atoms with Gasteiger partial charge < -0.3 is 14.8 Å². The van der Waals surface area contributed by atoms with Gasteiger partial charge in [0.05, 0.1) is 7.11 Å². The topological polar surface area (TPSA) is 64.6 Å². The summed E-state index contributed by atoms with van der Waals surface area (Å²) >= 11 is 0. The van der Waals surface area contributed by atoms with Crippen LogP contribution in [-0.2, 0) is 14.3 Å². The number of carbonyl (C=O) groups excluding carboxylic acids is 2. The highest BCUT2D eigenvalue weighted by atomic mass is 16.6. The lowest BCUT2D eigenvalue weighted by Crippen LogP contribution is -2.43. The Morgan fingerprint density at radius 2 is 1.76 bits per heavy atom. The molecule has 5 nitrogen and oxygen atoms in total. The van der Waals surface area contributed by atoms with Crippen molar-refractivity contribution in [3.8, 4) is 0 Å². The number of ether oxygens (including phenoxy) is 2. The number of hydrogen-bond acceptors (Lipinski definition) is 4. The fourth-order valence-corrected chi connectivity index (χ4v) is 0.920. The molecule has 104 valence electrons. The number of nitrogens with one attached hydrogen (secondary N) is 1. The molecule has 0 aromatic carbocycles. The van der Waals surface area contributed by atoms with Crippen molar-refractivity contribution in [3.05, 3.63) is 0 Å². The zero-order chi connectivity index (χ0) is 14.1. The fourth-order valence-electron chi connectivity index (χ4n) is 0.920. The molecule has 0 bridgehead atoms. The van der Waals surface area contributed by atoms with Crippen LogP contribution in [0.5, 0.6) is 0 Å². The molecule has 0 aliphatic carbocycles. The molecule has 0 aliphatic rings. The molecule has 0 unspecified atom stereocenters. The van der Waals surface area contributed by atoms with Crippen LogP contribution >= 0.6 is 0 Å². The van der Waals surface area contributed by atoms with Gasteiger partial charge in [0.2, 0.25) is 0 Å². The Kier molecular flexibility index (Phi) is 9.42. The summed E-state index contributed by atoms with van der Waals surface area (Å²) in [7, 11) is 1.28. The van der Waals surface area contributed by atoms with E-state index in [-0.39, 0.29) is 1.43 Å². The maximum absolute atomic E-state index is 11.3. The van der Waals surface area contributed by atoms with Crippen LogP contribution in [0.1, 0.15) is 49.4 Å². The lowest BCUT2D eigenvalue weighted by Gasteiger charge is -2.21. The standard InChI is InChI=1S/C10H19NO4.C2H6.H2/c1-6-7(8(12)14-5)11-9(13)15-10(2,3)4;1-2;/h7H,6H2,1-5H3,(H,11,13);1-2H3;1H/t7-;;/m0../s1. The third-order valence-electron chi connectivity index (χ3n) is 1.58. The van der Waals surface area contributed by atoms with E-state index in [2.05, 4.69) is 10.1 Å². The van der Waals surface area contributed by atoms with E-state index >= 15 is 0 Å². The molecule has 0 aliphatic heterocycles. The lowest BCUT2D eigenvalue weighted by molar-refractivity contribution is -0.143. The third kappa shape index (κ3) is 9.66. The van der Waals surface area contributed by atoms with Gasteiger partial charge in [0.25, 0.3) is 0 Å². The lowest BCUT2D eigenvalue weighted by atomic mass is 10.2. The van der Waals surface area contributed by atoms with Crippen molar-refractivity contribution in [2.45, 2.75) is 59.6 Å². The Bertz CT molecular complexity index is 239. The van der Waals surface area contributed by atoms with Gasteiger partial charge in [-0.05, 0) is 27.2 Å². The summed E-state index contributed by atoms with van der Waals surface area (Å²) in [5, 5.41) is 2.44. The van der Waals surface area contributed by atoms with Crippen molar-refractivity contribution in [1.82, 2.24) is 5.32 Å². The van der Waals surface area contributed by atoms with Crippen molar-refractivity contribution in [3.63, 3.8) is 0 Å². The molecule has 0 saturated heterocycles. The van der Waals surface area contributed by atoms with Crippen LogP contribution < -0.4 is 5.32 Å². The quantitative estimate of drug-likeness (QED) is 0.781. The van der Waals surface area contributed by atoms with Crippen molar-refractivity contribution in [2.75, 3.05) is 7.11 Å². The Hall–Kier alpha value is -1.26. The molecule has 0 spiro atoms. The maximum Gasteiger partial charge on any atom is 0.408 e. The first-order valence-corrected chi connectivity index (χ1v) is 5.87. The van der Waals surface area contributed by atoms with E-state index in [4.69, 9.17) is 4.74 Å². The molecule has 1 atom stereocenters. The number of methoxy groups -OCH3 is 1. The van der Waals surface area contributed by atoms with Gasteiger partial charge in [-0.3, -0.25) is 0 Å². The van der Waals surface area contributed by atoms with Gasteiger partial charge in [0.15, 0.2) is 0 Å². The summed E-state index contributed by atoms with van der Waals surface area (Å²) in [6.45, 7) is 11.0. The smallest absolute Gasteiger partial charge is 0.408 e. The molecular formula is C12H27NO4. The number of rotatable bonds is 3. The maximum atomic E-state index is 11.3. The Morgan fingerprint density at radius 3 is 2.06 bits per heavy atom. The summed E-state index contributed by atoms with van der Waals surface area (Å²) in [6, 6.07) is -0.648. The number of esters is 1. The Morgan fingerprint density at radius 1 is 1.29 bits per heavy atom. The van der Waals surface area contributed by atoms with Crippen LogP contribution in [0, 0.1) is 0 Å².